The number of carbonyl (C=O) groups excluding carboxylic acids is 2. The molecular formula is C42H68N2O5. The van der Waals surface area contributed by atoms with E-state index in [9.17, 15) is 19.5 Å². The van der Waals surface area contributed by atoms with Gasteiger partial charge in [0.25, 0.3) is 0 Å². The van der Waals surface area contributed by atoms with Gasteiger partial charge in [-0.1, -0.05) is 119 Å². The number of carboxylic acids is 1. The fraction of sp³-hybridized carbons (Fsp3) is 0.595. The zero-order chi connectivity index (χ0) is 36.0. The summed E-state index contributed by atoms with van der Waals surface area (Å²) in [6.45, 7) is 4.73. The van der Waals surface area contributed by atoms with Crippen LogP contribution in [-0.2, 0) is 19.1 Å². The van der Waals surface area contributed by atoms with Crippen LogP contribution < -0.4 is 11.1 Å². The van der Waals surface area contributed by atoms with Crippen LogP contribution in [0.3, 0.4) is 0 Å². The summed E-state index contributed by atoms with van der Waals surface area (Å²) in [5.74, 6) is -1.43. The van der Waals surface area contributed by atoms with Crippen molar-refractivity contribution in [1.29, 1.82) is 0 Å². The molecule has 0 aromatic carbocycles. The molecule has 0 bridgehead atoms. The van der Waals surface area contributed by atoms with Crippen molar-refractivity contribution >= 4 is 17.8 Å². The molecule has 0 heterocycles. The van der Waals surface area contributed by atoms with Gasteiger partial charge in [-0.25, -0.2) is 4.79 Å². The highest BCUT2D eigenvalue weighted by molar-refractivity contribution is 5.83. The fourth-order valence-electron chi connectivity index (χ4n) is 4.83. The van der Waals surface area contributed by atoms with Gasteiger partial charge in [0.1, 0.15) is 12.1 Å². The zero-order valence-corrected chi connectivity index (χ0v) is 30.7. The average molecular weight is 681 g/mol. The quantitative estimate of drug-likeness (QED) is 0.0370. The number of nitrogens with one attached hydrogen (secondary N) is 1. The van der Waals surface area contributed by atoms with Crippen molar-refractivity contribution in [3.05, 3.63) is 85.1 Å². The van der Waals surface area contributed by atoms with Crippen molar-refractivity contribution in [3.8, 4) is 0 Å². The smallest absolute Gasteiger partial charge is 0.326 e. The van der Waals surface area contributed by atoms with E-state index >= 15 is 0 Å². The number of esters is 1. The van der Waals surface area contributed by atoms with Gasteiger partial charge in [-0.2, -0.15) is 0 Å². The number of nitrogens with two attached hydrogens (primary N) is 1. The molecule has 0 saturated carbocycles. The first kappa shape index (κ1) is 45.6. The highest BCUT2D eigenvalue weighted by atomic mass is 16.5. The number of aliphatic carboxylic acids is 1. The van der Waals surface area contributed by atoms with Gasteiger partial charge < -0.3 is 20.9 Å². The number of carbonyl (C=O) groups is 3. The number of unbranched alkanes of at least 4 members (excludes halogenated alkanes) is 6. The minimum Gasteiger partial charge on any atom is -0.480 e. The van der Waals surface area contributed by atoms with Crippen molar-refractivity contribution in [2.24, 2.45) is 5.73 Å². The second kappa shape index (κ2) is 35.8. The van der Waals surface area contributed by atoms with Gasteiger partial charge in [-0.3, -0.25) is 9.59 Å². The Hall–Kier alpha value is -3.45. The van der Waals surface area contributed by atoms with Gasteiger partial charge in [-0.15, -0.1) is 0 Å². The molecule has 4 N–H and O–H groups in total. The summed E-state index contributed by atoms with van der Waals surface area (Å²) in [6, 6.07) is -0.883. The van der Waals surface area contributed by atoms with E-state index in [0.717, 1.165) is 83.5 Å². The largest absolute Gasteiger partial charge is 0.480 e. The molecule has 0 rings (SSSR count). The van der Waals surface area contributed by atoms with Gasteiger partial charge in [0, 0.05) is 12.8 Å². The fourth-order valence-corrected chi connectivity index (χ4v) is 4.83. The molecule has 0 aliphatic carbocycles. The van der Waals surface area contributed by atoms with Gasteiger partial charge in [0.15, 0.2) is 0 Å². The van der Waals surface area contributed by atoms with Crippen LogP contribution in [0.2, 0.25) is 0 Å². The summed E-state index contributed by atoms with van der Waals surface area (Å²) < 4.78 is 5.84. The molecule has 0 aliphatic heterocycles. The maximum atomic E-state index is 12.6. The zero-order valence-electron chi connectivity index (χ0n) is 30.7. The molecule has 0 aromatic heterocycles. The van der Waals surface area contributed by atoms with E-state index in [1.807, 2.05) is 6.08 Å². The summed E-state index contributed by atoms with van der Waals surface area (Å²) >= 11 is 0. The van der Waals surface area contributed by atoms with Crippen LogP contribution in [0.4, 0.5) is 0 Å². The first-order valence-electron chi connectivity index (χ1n) is 18.9. The summed E-state index contributed by atoms with van der Waals surface area (Å²) in [5.41, 5.74) is 5.46. The standard InChI is InChI=1S/C42H68N2O5/c1-3-5-7-9-11-12-13-14-15-16-17-18-19-20-22-24-30-36-41(46)49-38(32-27-23-21-10-8-6-4-2)33-28-25-26-29-35-40(45)44-39(42(47)48)34-31-37-43/h5,7,10-12,14-15,17-18,20-22,27,32,38-39H,3-4,6,8-9,13,16,19,23-26,28-31,33-37,43H2,1-2H3,(H,44,45)(H,47,48)/b7-5-,12-11-,15-14-,18-17-,21-10-,22-20-,32-27-. The van der Waals surface area contributed by atoms with Crippen LogP contribution >= 0.6 is 0 Å². The van der Waals surface area contributed by atoms with Crippen LogP contribution in [-0.4, -0.2) is 41.6 Å². The maximum Gasteiger partial charge on any atom is 0.326 e. The van der Waals surface area contributed by atoms with E-state index in [0.29, 0.717) is 38.6 Å². The van der Waals surface area contributed by atoms with E-state index in [2.05, 4.69) is 98.2 Å². The van der Waals surface area contributed by atoms with Crippen molar-refractivity contribution in [1.82, 2.24) is 5.32 Å². The van der Waals surface area contributed by atoms with Gasteiger partial charge >= 0.3 is 11.9 Å². The second-order valence-electron chi connectivity index (χ2n) is 12.2. The number of amides is 1. The van der Waals surface area contributed by atoms with Crippen molar-refractivity contribution in [2.45, 2.75) is 154 Å². The Bertz CT molecular complexity index is 1040. The van der Waals surface area contributed by atoms with Crippen molar-refractivity contribution < 1.29 is 24.2 Å². The molecule has 2 atom stereocenters. The van der Waals surface area contributed by atoms with Crippen LogP contribution in [0.1, 0.15) is 142 Å². The molecule has 2 unspecified atom stereocenters. The first-order chi connectivity index (χ1) is 23.9. The maximum absolute atomic E-state index is 12.6. The summed E-state index contributed by atoms with van der Waals surface area (Å²) in [6.07, 6.45) is 46.4. The molecule has 0 radical (unpaired) electrons. The van der Waals surface area contributed by atoms with E-state index in [4.69, 9.17) is 10.5 Å². The van der Waals surface area contributed by atoms with Crippen LogP contribution in [0.25, 0.3) is 0 Å². The predicted octanol–water partition coefficient (Wildman–Crippen LogP) is 10.2. The Labute approximate surface area is 298 Å². The van der Waals surface area contributed by atoms with Gasteiger partial charge in [-0.05, 0) is 103 Å². The summed E-state index contributed by atoms with van der Waals surface area (Å²) in [7, 11) is 0. The Morgan fingerprint density at radius 3 is 1.76 bits per heavy atom. The Kier molecular flexibility index (Phi) is 33.3. The van der Waals surface area contributed by atoms with E-state index < -0.39 is 12.0 Å². The number of allylic oxidation sites excluding steroid dienone is 13. The molecule has 0 aliphatic rings. The number of carboxylic acid groups (broad SMARTS) is 1. The minimum absolute atomic E-state index is 0.167. The van der Waals surface area contributed by atoms with E-state index in [1.165, 1.54) is 12.8 Å². The van der Waals surface area contributed by atoms with Crippen molar-refractivity contribution in [3.63, 3.8) is 0 Å². The van der Waals surface area contributed by atoms with Crippen LogP contribution in [0, 0.1) is 0 Å². The Balaban J connectivity index is 4.43. The molecule has 7 nitrogen and oxygen atoms in total. The monoisotopic (exact) mass is 681 g/mol. The van der Waals surface area contributed by atoms with Crippen LogP contribution in [0.15, 0.2) is 85.1 Å². The molecule has 0 spiro atoms. The van der Waals surface area contributed by atoms with E-state index in [1.54, 1.807) is 0 Å². The normalized spacial score (nSPS) is 13.7. The molecule has 276 valence electrons. The summed E-state index contributed by atoms with van der Waals surface area (Å²) in [5, 5.41) is 11.9. The average Bonchev–Trinajstić information content (AvgIpc) is 3.08. The highest BCUT2D eigenvalue weighted by Crippen LogP contribution is 2.13. The third-order valence-electron chi connectivity index (χ3n) is 7.68. The number of hydrogen-bond acceptors (Lipinski definition) is 5. The second-order valence-corrected chi connectivity index (χ2v) is 12.2. The van der Waals surface area contributed by atoms with Crippen molar-refractivity contribution in [2.75, 3.05) is 6.54 Å². The molecule has 0 fully saturated rings. The SMILES string of the molecule is CC/C=C\C/C=C\C/C=C\C/C=C\C/C=C\CCCC(=O)OC(/C=C\C/C=C\CCCC)CCCCCCC(=O)NC(CCCN)C(=O)O. The lowest BCUT2D eigenvalue weighted by molar-refractivity contribution is -0.147. The Morgan fingerprint density at radius 2 is 1.18 bits per heavy atom. The lowest BCUT2D eigenvalue weighted by atomic mass is 10.1. The topological polar surface area (TPSA) is 119 Å². The lowest BCUT2D eigenvalue weighted by Gasteiger charge is -2.15. The predicted molar refractivity (Wildman–Crippen MR) is 206 cm³/mol. The third-order valence-corrected chi connectivity index (χ3v) is 7.68. The molecule has 0 aromatic rings. The molecule has 0 saturated heterocycles. The number of hydrogen-bond donors (Lipinski definition) is 3. The minimum atomic E-state index is -1.03. The van der Waals surface area contributed by atoms with Gasteiger partial charge in [0.2, 0.25) is 5.91 Å². The van der Waals surface area contributed by atoms with Gasteiger partial charge in [0.05, 0.1) is 0 Å². The molecule has 7 heteroatoms. The lowest BCUT2D eigenvalue weighted by Crippen LogP contribution is -2.40. The Morgan fingerprint density at radius 1 is 0.633 bits per heavy atom. The third kappa shape index (κ3) is 32.9. The summed E-state index contributed by atoms with van der Waals surface area (Å²) in [4.78, 5) is 36.1. The van der Waals surface area contributed by atoms with Crippen LogP contribution in [0.5, 0.6) is 0 Å². The first-order valence-corrected chi connectivity index (χ1v) is 18.9. The number of ether oxygens (including phenoxy) is 1. The highest BCUT2D eigenvalue weighted by Gasteiger charge is 2.18. The molecular weight excluding hydrogens is 612 g/mol. The van der Waals surface area contributed by atoms with E-state index in [-0.39, 0.29) is 18.0 Å². The number of rotatable bonds is 32. The molecule has 49 heavy (non-hydrogen) atoms. The molecule has 1 amide bonds.